The molecule has 1 heterocycles. The van der Waals surface area contributed by atoms with Gasteiger partial charge in [-0.3, -0.25) is 0 Å². The van der Waals surface area contributed by atoms with E-state index in [9.17, 15) is 0 Å². The number of hydrogen-bond donors (Lipinski definition) is 1. The standard InChI is InChI=1S/C11H20N2/c1-3-5-8-13-9-6-7-12-11(4-2)10-13/h1,11-12H,4-10H2,2H3. The van der Waals surface area contributed by atoms with Crippen LogP contribution in [0.25, 0.3) is 0 Å². The van der Waals surface area contributed by atoms with Crippen LogP contribution in [0, 0.1) is 12.3 Å². The van der Waals surface area contributed by atoms with Gasteiger partial charge >= 0.3 is 0 Å². The maximum atomic E-state index is 5.26. The van der Waals surface area contributed by atoms with Crippen molar-refractivity contribution in [2.45, 2.75) is 32.2 Å². The first kappa shape index (κ1) is 10.6. The third kappa shape index (κ3) is 3.80. The first-order valence-electron chi connectivity index (χ1n) is 5.26. The van der Waals surface area contributed by atoms with Crippen molar-refractivity contribution in [1.82, 2.24) is 10.2 Å². The summed E-state index contributed by atoms with van der Waals surface area (Å²) < 4.78 is 0. The predicted octanol–water partition coefficient (Wildman–Crippen LogP) is 1.08. The fourth-order valence-corrected chi connectivity index (χ4v) is 1.78. The Labute approximate surface area is 81.7 Å². The van der Waals surface area contributed by atoms with E-state index < -0.39 is 0 Å². The van der Waals surface area contributed by atoms with Crippen LogP contribution in [0.4, 0.5) is 0 Å². The molecule has 0 spiro atoms. The molecule has 0 saturated carbocycles. The van der Waals surface area contributed by atoms with E-state index >= 15 is 0 Å². The molecule has 1 saturated heterocycles. The van der Waals surface area contributed by atoms with E-state index in [4.69, 9.17) is 6.42 Å². The smallest absolute Gasteiger partial charge is 0.0214 e. The Kier molecular flexibility index (Phi) is 4.88. The maximum Gasteiger partial charge on any atom is 0.0214 e. The fraction of sp³-hybridized carbons (Fsp3) is 0.818. The van der Waals surface area contributed by atoms with E-state index in [2.05, 4.69) is 23.1 Å². The number of rotatable bonds is 3. The fourth-order valence-electron chi connectivity index (χ4n) is 1.78. The summed E-state index contributed by atoms with van der Waals surface area (Å²) in [5, 5.41) is 3.54. The molecule has 2 nitrogen and oxygen atoms in total. The number of nitrogens with zero attached hydrogens (tertiary/aromatic N) is 1. The monoisotopic (exact) mass is 180 g/mol. The third-order valence-electron chi connectivity index (χ3n) is 2.63. The van der Waals surface area contributed by atoms with Crippen LogP contribution >= 0.6 is 0 Å². The SMILES string of the molecule is C#CCCN1CCCNC(CC)C1. The van der Waals surface area contributed by atoms with Crippen molar-refractivity contribution >= 4 is 0 Å². The predicted molar refractivity (Wildman–Crippen MR) is 56.6 cm³/mol. The maximum absolute atomic E-state index is 5.26. The molecule has 13 heavy (non-hydrogen) atoms. The van der Waals surface area contributed by atoms with Crippen LogP contribution < -0.4 is 5.32 Å². The van der Waals surface area contributed by atoms with Gasteiger partial charge in [0, 0.05) is 25.6 Å². The zero-order valence-electron chi connectivity index (χ0n) is 8.55. The molecule has 2 heteroatoms. The van der Waals surface area contributed by atoms with E-state index in [1.54, 1.807) is 0 Å². The molecule has 0 bridgehead atoms. The van der Waals surface area contributed by atoms with Crippen LogP contribution in [0.3, 0.4) is 0 Å². The van der Waals surface area contributed by atoms with Crippen molar-refractivity contribution in [2.24, 2.45) is 0 Å². The summed E-state index contributed by atoms with van der Waals surface area (Å²) in [6.07, 6.45) is 8.61. The van der Waals surface area contributed by atoms with Crippen LogP contribution in [-0.2, 0) is 0 Å². The quantitative estimate of drug-likeness (QED) is 0.654. The van der Waals surface area contributed by atoms with E-state index in [-0.39, 0.29) is 0 Å². The highest BCUT2D eigenvalue weighted by Crippen LogP contribution is 2.03. The van der Waals surface area contributed by atoms with Crippen molar-refractivity contribution in [3.05, 3.63) is 0 Å². The first-order chi connectivity index (χ1) is 6.36. The molecule has 74 valence electrons. The average Bonchev–Trinajstić information content (AvgIpc) is 2.39. The molecule has 0 radical (unpaired) electrons. The van der Waals surface area contributed by atoms with Crippen molar-refractivity contribution in [2.75, 3.05) is 26.2 Å². The van der Waals surface area contributed by atoms with E-state index in [1.165, 1.54) is 19.4 Å². The van der Waals surface area contributed by atoms with Gasteiger partial charge in [0.25, 0.3) is 0 Å². The van der Waals surface area contributed by atoms with Crippen LogP contribution in [0.15, 0.2) is 0 Å². The second kappa shape index (κ2) is 6.01. The van der Waals surface area contributed by atoms with E-state index in [0.717, 1.165) is 26.1 Å². The van der Waals surface area contributed by atoms with E-state index in [1.807, 2.05) is 0 Å². The van der Waals surface area contributed by atoms with Crippen LogP contribution in [0.1, 0.15) is 26.2 Å². The van der Waals surface area contributed by atoms with Crippen LogP contribution in [0.5, 0.6) is 0 Å². The van der Waals surface area contributed by atoms with Gasteiger partial charge in [-0.25, -0.2) is 0 Å². The summed E-state index contributed by atoms with van der Waals surface area (Å²) in [4.78, 5) is 2.48. The number of nitrogens with one attached hydrogen (secondary N) is 1. The summed E-state index contributed by atoms with van der Waals surface area (Å²) in [6.45, 7) is 6.82. The van der Waals surface area contributed by atoms with Gasteiger partial charge in [-0.2, -0.15) is 0 Å². The largest absolute Gasteiger partial charge is 0.313 e. The molecule has 1 N–H and O–H groups in total. The Morgan fingerprint density at radius 3 is 3.15 bits per heavy atom. The van der Waals surface area contributed by atoms with Crippen molar-refractivity contribution < 1.29 is 0 Å². The normalized spacial score (nSPS) is 25.1. The lowest BCUT2D eigenvalue weighted by Gasteiger charge is -2.22. The molecular formula is C11H20N2. The van der Waals surface area contributed by atoms with Crippen LogP contribution in [0.2, 0.25) is 0 Å². The molecule has 1 aliphatic rings. The summed E-state index contributed by atoms with van der Waals surface area (Å²) in [7, 11) is 0. The molecule has 1 fully saturated rings. The first-order valence-corrected chi connectivity index (χ1v) is 5.26. The lowest BCUT2D eigenvalue weighted by molar-refractivity contribution is 0.271. The highest BCUT2D eigenvalue weighted by molar-refractivity contribution is 4.86. The molecule has 0 aromatic heterocycles. The second-order valence-electron chi connectivity index (χ2n) is 3.67. The highest BCUT2D eigenvalue weighted by Gasteiger charge is 2.14. The lowest BCUT2D eigenvalue weighted by atomic mass is 10.2. The summed E-state index contributed by atoms with van der Waals surface area (Å²) in [5.74, 6) is 2.71. The van der Waals surface area contributed by atoms with Gasteiger partial charge in [0.1, 0.15) is 0 Å². The van der Waals surface area contributed by atoms with Gasteiger partial charge in [0.2, 0.25) is 0 Å². The van der Waals surface area contributed by atoms with Crippen LogP contribution in [-0.4, -0.2) is 37.1 Å². The summed E-state index contributed by atoms with van der Waals surface area (Å²) in [5.41, 5.74) is 0. The lowest BCUT2D eigenvalue weighted by Crippen LogP contribution is -2.37. The Morgan fingerprint density at radius 2 is 2.46 bits per heavy atom. The van der Waals surface area contributed by atoms with Gasteiger partial charge in [-0.05, 0) is 25.9 Å². The molecule has 1 aliphatic heterocycles. The number of terminal acetylenes is 1. The van der Waals surface area contributed by atoms with Crippen molar-refractivity contribution in [3.8, 4) is 12.3 Å². The third-order valence-corrected chi connectivity index (χ3v) is 2.63. The van der Waals surface area contributed by atoms with Crippen molar-refractivity contribution in [3.63, 3.8) is 0 Å². The molecule has 0 aromatic rings. The Morgan fingerprint density at radius 1 is 1.62 bits per heavy atom. The summed E-state index contributed by atoms with van der Waals surface area (Å²) >= 11 is 0. The topological polar surface area (TPSA) is 15.3 Å². The highest BCUT2D eigenvalue weighted by atomic mass is 15.2. The average molecular weight is 180 g/mol. The Balaban J connectivity index is 2.31. The van der Waals surface area contributed by atoms with Gasteiger partial charge in [0.15, 0.2) is 0 Å². The van der Waals surface area contributed by atoms with Gasteiger partial charge in [-0.1, -0.05) is 6.92 Å². The van der Waals surface area contributed by atoms with Gasteiger partial charge in [0.05, 0.1) is 0 Å². The Bertz CT molecular complexity index is 171. The molecule has 1 rings (SSSR count). The molecule has 1 atom stereocenters. The minimum atomic E-state index is 0.667. The summed E-state index contributed by atoms with van der Waals surface area (Å²) in [6, 6.07) is 0.667. The molecule has 1 unspecified atom stereocenters. The second-order valence-corrected chi connectivity index (χ2v) is 3.67. The number of hydrogen-bond acceptors (Lipinski definition) is 2. The molecular weight excluding hydrogens is 160 g/mol. The van der Waals surface area contributed by atoms with E-state index in [0.29, 0.717) is 6.04 Å². The zero-order chi connectivity index (χ0) is 9.52. The minimum absolute atomic E-state index is 0.667. The zero-order valence-corrected chi connectivity index (χ0v) is 8.55. The molecule has 0 aromatic carbocycles. The van der Waals surface area contributed by atoms with Gasteiger partial charge < -0.3 is 10.2 Å². The minimum Gasteiger partial charge on any atom is -0.313 e. The Hall–Kier alpha value is -0.520. The van der Waals surface area contributed by atoms with Crippen molar-refractivity contribution in [1.29, 1.82) is 0 Å². The molecule has 0 aliphatic carbocycles. The van der Waals surface area contributed by atoms with Gasteiger partial charge in [-0.15, -0.1) is 12.3 Å². The molecule has 0 amide bonds.